The maximum Gasteiger partial charge on any atom is 0.0483 e. The van der Waals surface area contributed by atoms with E-state index in [9.17, 15) is 0 Å². The second-order valence-electron chi connectivity index (χ2n) is 4.13. The van der Waals surface area contributed by atoms with E-state index in [4.69, 9.17) is 0 Å². The molecule has 2 heteroatoms. The molecule has 1 heterocycles. The lowest BCUT2D eigenvalue weighted by Gasteiger charge is -2.02. The van der Waals surface area contributed by atoms with Gasteiger partial charge in [0.05, 0.1) is 0 Å². The lowest BCUT2D eigenvalue weighted by atomic mass is 10.1. The number of aromatic nitrogens is 1. The number of nitrogens with zero attached hydrogens (tertiary/aromatic N) is 1. The predicted molar refractivity (Wildman–Crippen MR) is 65.3 cm³/mol. The zero-order valence-electron chi connectivity index (χ0n) is 9.67. The van der Waals surface area contributed by atoms with Gasteiger partial charge in [0.1, 0.15) is 0 Å². The highest BCUT2D eigenvalue weighted by Gasteiger charge is 2.03. The minimum Gasteiger partial charge on any atom is -0.350 e. The highest BCUT2D eigenvalue weighted by Crippen LogP contribution is 2.21. The van der Waals surface area contributed by atoms with Crippen LogP contribution in [0.15, 0.2) is 24.4 Å². The molecule has 0 aliphatic heterocycles. The number of aryl methyl sites for hydroxylation is 2. The number of benzene rings is 1. The van der Waals surface area contributed by atoms with Gasteiger partial charge in [-0.05, 0) is 44.1 Å². The first kappa shape index (κ1) is 10.2. The van der Waals surface area contributed by atoms with Crippen molar-refractivity contribution in [2.75, 3.05) is 13.6 Å². The standard InChI is InChI=1S/C13H18N2/c1-10-9-15(3)13-8-11(6-7-14-2)4-5-12(10)13/h4-5,8-9,14H,6-7H2,1-3H3. The van der Waals surface area contributed by atoms with E-state index < -0.39 is 0 Å². The van der Waals surface area contributed by atoms with E-state index in [0.717, 1.165) is 13.0 Å². The van der Waals surface area contributed by atoms with Gasteiger partial charge in [-0.15, -0.1) is 0 Å². The molecule has 2 rings (SSSR count). The molecule has 0 spiro atoms. The van der Waals surface area contributed by atoms with Crippen molar-refractivity contribution < 1.29 is 0 Å². The molecule has 2 aromatic rings. The molecule has 0 atom stereocenters. The molecule has 0 aliphatic rings. The summed E-state index contributed by atoms with van der Waals surface area (Å²) in [6, 6.07) is 6.75. The van der Waals surface area contributed by atoms with E-state index >= 15 is 0 Å². The number of fused-ring (bicyclic) bond motifs is 1. The minimum atomic E-state index is 1.04. The van der Waals surface area contributed by atoms with E-state index in [0.29, 0.717) is 0 Å². The quantitative estimate of drug-likeness (QED) is 0.807. The van der Waals surface area contributed by atoms with Crippen LogP contribution in [0.1, 0.15) is 11.1 Å². The second-order valence-corrected chi connectivity index (χ2v) is 4.13. The van der Waals surface area contributed by atoms with Crippen molar-refractivity contribution in [1.29, 1.82) is 0 Å². The van der Waals surface area contributed by atoms with Crippen molar-refractivity contribution in [1.82, 2.24) is 9.88 Å². The highest BCUT2D eigenvalue weighted by atomic mass is 14.9. The largest absolute Gasteiger partial charge is 0.350 e. The molecule has 0 aliphatic carbocycles. The van der Waals surface area contributed by atoms with Crippen molar-refractivity contribution >= 4 is 10.9 Å². The predicted octanol–water partition coefficient (Wildman–Crippen LogP) is 2.25. The summed E-state index contributed by atoms with van der Waals surface area (Å²) in [5, 5.41) is 4.54. The Morgan fingerprint density at radius 3 is 2.87 bits per heavy atom. The van der Waals surface area contributed by atoms with Gasteiger partial charge in [-0.2, -0.15) is 0 Å². The van der Waals surface area contributed by atoms with Gasteiger partial charge in [0.2, 0.25) is 0 Å². The average molecular weight is 202 g/mol. The third-order valence-corrected chi connectivity index (χ3v) is 2.92. The fourth-order valence-corrected chi connectivity index (χ4v) is 2.06. The molecule has 0 saturated heterocycles. The minimum absolute atomic E-state index is 1.04. The van der Waals surface area contributed by atoms with Crippen molar-refractivity contribution in [3.8, 4) is 0 Å². The van der Waals surface area contributed by atoms with Crippen LogP contribution in [0.2, 0.25) is 0 Å². The van der Waals surface area contributed by atoms with Gasteiger partial charge in [0.15, 0.2) is 0 Å². The van der Waals surface area contributed by atoms with Crippen molar-refractivity contribution in [3.63, 3.8) is 0 Å². The Bertz CT molecular complexity index is 469. The van der Waals surface area contributed by atoms with Crippen LogP contribution in [0.5, 0.6) is 0 Å². The maximum absolute atomic E-state index is 3.18. The van der Waals surface area contributed by atoms with Crippen molar-refractivity contribution in [2.24, 2.45) is 7.05 Å². The smallest absolute Gasteiger partial charge is 0.0483 e. The van der Waals surface area contributed by atoms with Crippen LogP contribution < -0.4 is 5.32 Å². The van der Waals surface area contributed by atoms with Crippen LogP contribution in [0.3, 0.4) is 0 Å². The molecule has 1 aromatic carbocycles. The third kappa shape index (κ3) is 1.90. The van der Waals surface area contributed by atoms with Crippen LogP contribution >= 0.6 is 0 Å². The van der Waals surface area contributed by atoms with Crippen LogP contribution in [0.25, 0.3) is 10.9 Å². The summed E-state index contributed by atoms with van der Waals surface area (Å²) in [7, 11) is 4.10. The monoisotopic (exact) mass is 202 g/mol. The van der Waals surface area contributed by atoms with Gasteiger partial charge in [-0.3, -0.25) is 0 Å². The number of likely N-dealkylation sites (N-methyl/N-ethyl adjacent to an activating group) is 1. The molecular formula is C13H18N2. The molecular weight excluding hydrogens is 184 g/mol. The first-order valence-corrected chi connectivity index (χ1v) is 5.41. The Balaban J connectivity index is 2.41. The summed E-state index contributed by atoms with van der Waals surface area (Å²) in [6.45, 7) is 3.20. The third-order valence-electron chi connectivity index (χ3n) is 2.92. The van der Waals surface area contributed by atoms with E-state index in [1.165, 1.54) is 22.0 Å². The summed E-state index contributed by atoms with van der Waals surface area (Å²) in [6.07, 6.45) is 3.28. The normalized spacial score (nSPS) is 11.1. The zero-order valence-corrected chi connectivity index (χ0v) is 9.67. The molecule has 0 amide bonds. The summed E-state index contributed by atoms with van der Waals surface area (Å²) in [5.74, 6) is 0. The first-order valence-electron chi connectivity index (χ1n) is 5.41. The summed E-state index contributed by atoms with van der Waals surface area (Å²) in [4.78, 5) is 0. The Labute approximate surface area is 90.9 Å². The number of rotatable bonds is 3. The SMILES string of the molecule is CNCCc1ccc2c(C)cn(C)c2c1. The van der Waals surface area contributed by atoms with Crippen LogP contribution in [0, 0.1) is 6.92 Å². The van der Waals surface area contributed by atoms with Crippen LogP contribution in [-0.2, 0) is 13.5 Å². The molecule has 2 nitrogen and oxygen atoms in total. The van der Waals surface area contributed by atoms with Gasteiger partial charge in [-0.25, -0.2) is 0 Å². The van der Waals surface area contributed by atoms with Gasteiger partial charge < -0.3 is 9.88 Å². The summed E-state index contributed by atoms with van der Waals surface area (Å²) in [5.41, 5.74) is 4.09. The number of hydrogen-bond acceptors (Lipinski definition) is 1. The van der Waals surface area contributed by atoms with Crippen molar-refractivity contribution in [3.05, 3.63) is 35.5 Å². The van der Waals surface area contributed by atoms with Crippen molar-refractivity contribution in [2.45, 2.75) is 13.3 Å². The molecule has 0 bridgehead atoms. The molecule has 1 aromatic heterocycles. The molecule has 0 radical (unpaired) electrons. The van der Waals surface area contributed by atoms with E-state index in [1.807, 2.05) is 7.05 Å². The lowest BCUT2D eigenvalue weighted by Crippen LogP contribution is -2.10. The molecule has 0 fully saturated rings. The molecule has 80 valence electrons. The van der Waals surface area contributed by atoms with Gasteiger partial charge >= 0.3 is 0 Å². The van der Waals surface area contributed by atoms with E-state index in [-0.39, 0.29) is 0 Å². The molecule has 1 N–H and O–H groups in total. The average Bonchev–Trinajstić information content (AvgIpc) is 2.52. The lowest BCUT2D eigenvalue weighted by molar-refractivity contribution is 0.792. The second kappa shape index (κ2) is 4.07. The topological polar surface area (TPSA) is 17.0 Å². The highest BCUT2D eigenvalue weighted by molar-refractivity contribution is 5.84. The summed E-state index contributed by atoms with van der Waals surface area (Å²) < 4.78 is 2.20. The maximum atomic E-state index is 3.18. The van der Waals surface area contributed by atoms with E-state index in [1.54, 1.807) is 0 Å². The van der Waals surface area contributed by atoms with Gasteiger partial charge in [0, 0.05) is 24.1 Å². The Morgan fingerprint density at radius 1 is 1.33 bits per heavy atom. The summed E-state index contributed by atoms with van der Waals surface area (Å²) >= 11 is 0. The fourth-order valence-electron chi connectivity index (χ4n) is 2.06. The Morgan fingerprint density at radius 2 is 2.13 bits per heavy atom. The fraction of sp³-hybridized carbons (Fsp3) is 0.385. The zero-order chi connectivity index (χ0) is 10.8. The van der Waals surface area contributed by atoms with Gasteiger partial charge in [-0.1, -0.05) is 12.1 Å². The van der Waals surface area contributed by atoms with Crippen LogP contribution in [-0.4, -0.2) is 18.2 Å². The Hall–Kier alpha value is -1.28. The number of nitrogens with one attached hydrogen (secondary N) is 1. The molecule has 0 saturated carbocycles. The number of hydrogen-bond donors (Lipinski definition) is 1. The van der Waals surface area contributed by atoms with Crippen LogP contribution in [0.4, 0.5) is 0 Å². The van der Waals surface area contributed by atoms with E-state index in [2.05, 4.69) is 48.3 Å². The van der Waals surface area contributed by atoms with Gasteiger partial charge in [0.25, 0.3) is 0 Å². The molecule has 15 heavy (non-hydrogen) atoms. The molecule has 0 unspecified atom stereocenters. The first-order chi connectivity index (χ1) is 7.22. The Kier molecular flexibility index (Phi) is 2.78.